The van der Waals surface area contributed by atoms with Gasteiger partial charge in [-0.1, -0.05) is 29.8 Å². The zero-order valence-electron chi connectivity index (χ0n) is 10.4. The highest BCUT2D eigenvalue weighted by atomic mass is 35.5. The minimum absolute atomic E-state index is 0.140. The predicted molar refractivity (Wildman–Crippen MR) is 69.9 cm³/mol. The fraction of sp³-hybridized carbons (Fsp3) is 0.308. The monoisotopic (exact) mass is 263 g/mol. The van der Waals surface area contributed by atoms with Crippen LogP contribution >= 0.6 is 11.6 Å². The molecule has 0 bridgehead atoms. The average Bonchev–Trinajstić information content (AvgIpc) is 2.77. The Balaban J connectivity index is 2.38. The molecule has 0 amide bonds. The lowest BCUT2D eigenvalue weighted by Crippen LogP contribution is -2.12. The SMILES string of the molecule is CCCn1nncc1C(=O)c1ccc(C)cc1Cl. The Morgan fingerprint density at radius 2 is 2.22 bits per heavy atom. The molecular formula is C13H14ClN3O. The molecule has 0 radical (unpaired) electrons. The summed E-state index contributed by atoms with van der Waals surface area (Å²) in [7, 11) is 0. The molecule has 0 atom stereocenters. The van der Waals surface area contributed by atoms with E-state index >= 15 is 0 Å². The van der Waals surface area contributed by atoms with Crippen molar-refractivity contribution in [3.05, 3.63) is 46.2 Å². The predicted octanol–water partition coefficient (Wildman–Crippen LogP) is 2.88. The third kappa shape index (κ3) is 2.43. The van der Waals surface area contributed by atoms with Gasteiger partial charge in [0, 0.05) is 12.1 Å². The minimum Gasteiger partial charge on any atom is -0.287 e. The van der Waals surface area contributed by atoms with E-state index in [-0.39, 0.29) is 5.78 Å². The summed E-state index contributed by atoms with van der Waals surface area (Å²) in [5.74, 6) is -0.140. The van der Waals surface area contributed by atoms with Gasteiger partial charge in [0.1, 0.15) is 5.69 Å². The minimum atomic E-state index is -0.140. The standard InChI is InChI=1S/C13H14ClN3O/c1-3-6-17-12(8-15-16-17)13(18)10-5-4-9(2)7-11(10)14/h4-5,7-8H,3,6H2,1-2H3. The van der Waals surface area contributed by atoms with Gasteiger partial charge in [0.15, 0.2) is 0 Å². The molecule has 0 fully saturated rings. The number of benzene rings is 1. The molecule has 2 aromatic rings. The zero-order chi connectivity index (χ0) is 13.1. The van der Waals surface area contributed by atoms with Crippen LogP contribution in [-0.4, -0.2) is 20.8 Å². The second kappa shape index (κ2) is 5.31. The molecule has 0 spiro atoms. The summed E-state index contributed by atoms with van der Waals surface area (Å²) in [5, 5.41) is 8.15. The molecule has 4 nitrogen and oxygen atoms in total. The third-order valence-electron chi connectivity index (χ3n) is 2.65. The molecule has 1 heterocycles. The molecule has 1 aromatic carbocycles. The van der Waals surface area contributed by atoms with Crippen LogP contribution in [0.25, 0.3) is 0 Å². The maximum atomic E-state index is 12.3. The summed E-state index contributed by atoms with van der Waals surface area (Å²) in [5.41, 5.74) is 1.99. The van der Waals surface area contributed by atoms with E-state index in [1.54, 1.807) is 16.8 Å². The van der Waals surface area contributed by atoms with E-state index < -0.39 is 0 Å². The van der Waals surface area contributed by atoms with Crippen molar-refractivity contribution in [2.24, 2.45) is 0 Å². The number of ketones is 1. The summed E-state index contributed by atoms with van der Waals surface area (Å²) >= 11 is 6.10. The van der Waals surface area contributed by atoms with Crippen molar-refractivity contribution in [3.8, 4) is 0 Å². The van der Waals surface area contributed by atoms with Crippen molar-refractivity contribution in [2.45, 2.75) is 26.8 Å². The lowest BCUT2D eigenvalue weighted by molar-refractivity contribution is 0.102. The third-order valence-corrected chi connectivity index (χ3v) is 2.97. The van der Waals surface area contributed by atoms with Crippen LogP contribution in [0.5, 0.6) is 0 Å². The van der Waals surface area contributed by atoms with Gasteiger partial charge in [0.05, 0.1) is 11.2 Å². The molecule has 0 aliphatic heterocycles. The lowest BCUT2D eigenvalue weighted by Gasteiger charge is -2.06. The van der Waals surface area contributed by atoms with Crippen LogP contribution in [0.4, 0.5) is 0 Å². The smallest absolute Gasteiger partial charge is 0.214 e. The topological polar surface area (TPSA) is 47.8 Å². The van der Waals surface area contributed by atoms with E-state index in [0.29, 0.717) is 22.8 Å². The Hall–Kier alpha value is -1.68. The number of halogens is 1. The maximum Gasteiger partial charge on any atom is 0.214 e. The quantitative estimate of drug-likeness (QED) is 0.797. The number of hydrogen-bond donors (Lipinski definition) is 0. The summed E-state index contributed by atoms with van der Waals surface area (Å²) < 4.78 is 1.61. The van der Waals surface area contributed by atoms with Gasteiger partial charge in [-0.05, 0) is 31.0 Å². The van der Waals surface area contributed by atoms with E-state index in [2.05, 4.69) is 10.3 Å². The van der Waals surface area contributed by atoms with E-state index in [1.165, 1.54) is 6.20 Å². The molecular weight excluding hydrogens is 250 g/mol. The Bertz CT molecular complexity index is 577. The van der Waals surface area contributed by atoms with Crippen LogP contribution < -0.4 is 0 Å². The van der Waals surface area contributed by atoms with E-state index in [4.69, 9.17) is 11.6 Å². The zero-order valence-corrected chi connectivity index (χ0v) is 11.1. The van der Waals surface area contributed by atoms with Gasteiger partial charge in [-0.25, -0.2) is 4.68 Å². The van der Waals surface area contributed by atoms with E-state index in [9.17, 15) is 4.79 Å². The number of nitrogens with zero attached hydrogens (tertiary/aromatic N) is 3. The van der Waals surface area contributed by atoms with Crippen LogP contribution in [0.2, 0.25) is 5.02 Å². The first-order chi connectivity index (χ1) is 8.63. The Morgan fingerprint density at radius 3 is 2.89 bits per heavy atom. The maximum absolute atomic E-state index is 12.3. The van der Waals surface area contributed by atoms with E-state index in [1.807, 2.05) is 19.9 Å². The first kappa shape index (κ1) is 12.8. The second-order valence-corrected chi connectivity index (χ2v) is 4.56. The van der Waals surface area contributed by atoms with Crippen LogP contribution in [0.1, 0.15) is 35.0 Å². The van der Waals surface area contributed by atoms with Gasteiger partial charge in [-0.2, -0.15) is 0 Å². The van der Waals surface area contributed by atoms with Crippen molar-refractivity contribution < 1.29 is 4.79 Å². The van der Waals surface area contributed by atoms with Crippen molar-refractivity contribution in [2.75, 3.05) is 0 Å². The molecule has 0 unspecified atom stereocenters. The lowest BCUT2D eigenvalue weighted by atomic mass is 10.1. The highest BCUT2D eigenvalue weighted by molar-refractivity contribution is 6.34. The van der Waals surface area contributed by atoms with Crippen molar-refractivity contribution in [3.63, 3.8) is 0 Å². The summed E-state index contributed by atoms with van der Waals surface area (Å²) in [6, 6.07) is 5.39. The first-order valence-electron chi connectivity index (χ1n) is 5.82. The Labute approximate surface area is 111 Å². The van der Waals surface area contributed by atoms with Crippen molar-refractivity contribution in [1.29, 1.82) is 0 Å². The average molecular weight is 264 g/mol. The largest absolute Gasteiger partial charge is 0.287 e. The second-order valence-electron chi connectivity index (χ2n) is 4.15. The van der Waals surface area contributed by atoms with Crippen LogP contribution in [-0.2, 0) is 6.54 Å². The molecule has 0 aliphatic carbocycles. The van der Waals surface area contributed by atoms with E-state index in [0.717, 1.165) is 12.0 Å². The number of carbonyl (C=O) groups is 1. The molecule has 5 heteroatoms. The molecule has 0 saturated carbocycles. The molecule has 18 heavy (non-hydrogen) atoms. The van der Waals surface area contributed by atoms with Gasteiger partial charge in [-0.3, -0.25) is 4.79 Å². The van der Waals surface area contributed by atoms with Gasteiger partial charge >= 0.3 is 0 Å². The Kier molecular flexibility index (Phi) is 3.77. The van der Waals surface area contributed by atoms with Gasteiger partial charge in [0.2, 0.25) is 5.78 Å². The first-order valence-corrected chi connectivity index (χ1v) is 6.20. The van der Waals surface area contributed by atoms with Crippen molar-refractivity contribution in [1.82, 2.24) is 15.0 Å². The normalized spacial score (nSPS) is 10.6. The highest BCUT2D eigenvalue weighted by Gasteiger charge is 2.17. The van der Waals surface area contributed by atoms with Gasteiger partial charge in [0.25, 0.3) is 0 Å². The van der Waals surface area contributed by atoms with Gasteiger partial charge in [-0.15, -0.1) is 5.10 Å². The van der Waals surface area contributed by atoms with Crippen LogP contribution in [0.15, 0.2) is 24.4 Å². The summed E-state index contributed by atoms with van der Waals surface area (Å²) in [6.07, 6.45) is 2.37. The molecule has 0 aliphatic rings. The number of aryl methyl sites for hydroxylation is 2. The molecule has 0 N–H and O–H groups in total. The molecule has 2 rings (SSSR count). The highest BCUT2D eigenvalue weighted by Crippen LogP contribution is 2.20. The molecule has 1 aromatic heterocycles. The number of rotatable bonds is 4. The molecule has 0 saturated heterocycles. The van der Waals surface area contributed by atoms with Crippen LogP contribution in [0.3, 0.4) is 0 Å². The fourth-order valence-electron chi connectivity index (χ4n) is 1.75. The number of hydrogen-bond acceptors (Lipinski definition) is 3. The van der Waals surface area contributed by atoms with Crippen molar-refractivity contribution >= 4 is 17.4 Å². The van der Waals surface area contributed by atoms with Gasteiger partial charge < -0.3 is 0 Å². The Morgan fingerprint density at radius 1 is 1.44 bits per heavy atom. The van der Waals surface area contributed by atoms with Crippen LogP contribution in [0, 0.1) is 6.92 Å². The summed E-state index contributed by atoms with van der Waals surface area (Å²) in [4.78, 5) is 12.3. The number of aromatic nitrogens is 3. The number of carbonyl (C=O) groups excluding carboxylic acids is 1. The molecule has 94 valence electrons. The summed E-state index contributed by atoms with van der Waals surface area (Å²) in [6.45, 7) is 4.63. The fourth-order valence-corrected chi connectivity index (χ4v) is 2.07.